The second-order valence-electron chi connectivity index (χ2n) is 3.64. The summed E-state index contributed by atoms with van der Waals surface area (Å²) in [5.74, 6) is 10.2. The van der Waals surface area contributed by atoms with Crippen LogP contribution in [0.15, 0.2) is 24.8 Å². The third-order valence-electron chi connectivity index (χ3n) is 2.08. The van der Waals surface area contributed by atoms with Gasteiger partial charge in [-0.2, -0.15) is 0 Å². The standard InChI is InChI=1S/C15H20O2/c1-3-5-8-12-15(17)13-10-7-6-9-11-14(16)4-2/h4,10,13-17H,2-3,5,8,12H2,1H3. The molecule has 2 nitrogen and oxygen atoms in total. The second-order valence-corrected chi connectivity index (χ2v) is 3.64. The van der Waals surface area contributed by atoms with Gasteiger partial charge in [-0.1, -0.05) is 50.7 Å². The molecule has 2 unspecified atom stereocenters. The molecule has 0 rings (SSSR count). The number of aliphatic hydroxyl groups is 2. The van der Waals surface area contributed by atoms with Crippen molar-refractivity contribution in [1.29, 1.82) is 0 Å². The van der Waals surface area contributed by atoms with Crippen molar-refractivity contribution in [2.75, 3.05) is 0 Å². The van der Waals surface area contributed by atoms with Gasteiger partial charge in [-0.25, -0.2) is 0 Å². The van der Waals surface area contributed by atoms with Crippen molar-refractivity contribution >= 4 is 0 Å². The molecule has 0 radical (unpaired) electrons. The van der Waals surface area contributed by atoms with Gasteiger partial charge in [0.25, 0.3) is 0 Å². The molecule has 2 atom stereocenters. The highest BCUT2D eigenvalue weighted by molar-refractivity contribution is 5.32. The van der Waals surface area contributed by atoms with E-state index in [1.54, 1.807) is 12.2 Å². The van der Waals surface area contributed by atoms with Crippen LogP contribution in [0.3, 0.4) is 0 Å². The predicted molar refractivity (Wildman–Crippen MR) is 71.0 cm³/mol. The number of rotatable bonds is 6. The zero-order chi connectivity index (χ0) is 12.9. The van der Waals surface area contributed by atoms with E-state index in [2.05, 4.69) is 37.2 Å². The lowest BCUT2D eigenvalue weighted by atomic mass is 10.1. The maximum absolute atomic E-state index is 9.51. The average molecular weight is 232 g/mol. The second kappa shape index (κ2) is 11.0. The summed E-state index contributed by atoms with van der Waals surface area (Å²) in [6.45, 7) is 5.52. The van der Waals surface area contributed by atoms with Crippen LogP contribution in [0.5, 0.6) is 0 Å². The molecule has 0 aromatic carbocycles. The minimum atomic E-state index is -0.826. The van der Waals surface area contributed by atoms with Crippen molar-refractivity contribution in [3.8, 4) is 23.7 Å². The predicted octanol–water partition coefficient (Wildman–Crippen LogP) is 2.04. The average Bonchev–Trinajstić information content (AvgIpc) is 2.33. The zero-order valence-corrected chi connectivity index (χ0v) is 10.3. The first-order valence-electron chi connectivity index (χ1n) is 5.87. The van der Waals surface area contributed by atoms with Gasteiger partial charge in [-0.3, -0.25) is 0 Å². The Morgan fingerprint density at radius 1 is 1.24 bits per heavy atom. The lowest BCUT2D eigenvalue weighted by Gasteiger charge is -2.02. The van der Waals surface area contributed by atoms with Crippen LogP contribution in [0, 0.1) is 23.7 Å². The van der Waals surface area contributed by atoms with E-state index in [1.165, 1.54) is 6.08 Å². The molecule has 0 saturated carbocycles. The van der Waals surface area contributed by atoms with Gasteiger partial charge < -0.3 is 10.2 Å². The highest BCUT2D eigenvalue weighted by Gasteiger charge is 1.96. The zero-order valence-electron chi connectivity index (χ0n) is 10.3. The fourth-order valence-electron chi connectivity index (χ4n) is 1.11. The van der Waals surface area contributed by atoms with Crippen molar-refractivity contribution in [1.82, 2.24) is 0 Å². The molecule has 92 valence electrons. The SMILES string of the molecule is C=CC(O)C#CC#CC=CC(O)CCCCC. The van der Waals surface area contributed by atoms with Gasteiger partial charge in [0.05, 0.1) is 6.10 Å². The Balaban J connectivity index is 3.88. The highest BCUT2D eigenvalue weighted by Crippen LogP contribution is 2.03. The third-order valence-corrected chi connectivity index (χ3v) is 2.08. The minimum absolute atomic E-state index is 0.428. The topological polar surface area (TPSA) is 40.5 Å². The Hall–Kier alpha value is -1.48. The normalized spacial score (nSPS) is 13.1. The molecule has 0 aliphatic heterocycles. The van der Waals surface area contributed by atoms with Crippen LogP contribution < -0.4 is 0 Å². The quantitative estimate of drug-likeness (QED) is 0.418. The smallest absolute Gasteiger partial charge is 0.134 e. The van der Waals surface area contributed by atoms with E-state index in [4.69, 9.17) is 5.11 Å². The van der Waals surface area contributed by atoms with E-state index in [-0.39, 0.29) is 0 Å². The summed E-state index contributed by atoms with van der Waals surface area (Å²) in [5.41, 5.74) is 0. The van der Waals surface area contributed by atoms with Crippen molar-refractivity contribution < 1.29 is 10.2 Å². The fourth-order valence-corrected chi connectivity index (χ4v) is 1.11. The molecule has 0 bridgehead atoms. The molecule has 17 heavy (non-hydrogen) atoms. The number of unbranched alkanes of at least 4 members (excludes halogenated alkanes) is 2. The van der Waals surface area contributed by atoms with Crippen molar-refractivity contribution in [3.63, 3.8) is 0 Å². The number of hydrogen-bond donors (Lipinski definition) is 2. The van der Waals surface area contributed by atoms with Crippen LogP contribution in [0.2, 0.25) is 0 Å². The van der Waals surface area contributed by atoms with E-state index in [0.29, 0.717) is 0 Å². The molecule has 0 aromatic rings. The molecular formula is C15H20O2. The number of aliphatic hydroxyl groups excluding tert-OH is 2. The molecule has 0 aliphatic carbocycles. The first kappa shape index (κ1) is 15.5. The van der Waals surface area contributed by atoms with Crippen LogP contribution in [-0.2, 0) is 0 Å². The number of hydrogen-bond acceptors (Lipinski definition) is 2. The molecule has 0 heterocycles. The molecule has 0 amide bonds. The molecule has 2 heteroatoms. The Morgan fingerprint density at radius 3 is 2.65 bits per heavy atom. The molecule has 0 aliphatic rings. The van der Waals surface area contributed by atoms with Gasteiger partial charge in [-0.15, -0.1) is 0 Å². The van der Waals surface area contributed by atoms with Gasteiger partial charge in [0.1, 0.15) is 6.10 Å². The Kier molecular flexibility index (Phi) is 10.1. The fraction of sp³-hybridized carbons (Fsp3) is 0.467. The summed E-state index contributed by atoms with van der Waals surface area (Å²) in [5, 5.41) is 18.5. The summed E-state index contributed by atoms with van der Waals surface area (Å²) in [7, 11) is 0. The summed E-state index contributed by atoms with van der Waals surface area (Å²) < 4.78 is 0. The molecule has 0 aromatic heterocycles. The van der Waals surface area contributed by atoms with Gasteiger partial charge in [0, 0.05) is 0 Å². The van der Waals surface area contributed by atoms with Crippen LogP contribution >= 0.6 is 0 Å². The van der Waals surface area contributed by atoms with E-state index in [0.717, 1.165) is 25.7 Å². The monoisotopic (exact) mass is 232 g/mol. The highest BCUT2D eigenvalue weighted by atomic mass is 16.3. The van der Waals surface area contributed by atoms with Gasteiger partial charge in [0.2, 0.25) is 0 Å². The maximum atomic E-state index is 9.51. The van der Waals surface area contributed by atoms with Gasteiger partial charge in [0.15, 0.2) is 0 Å². The Morgan fingerprint density at radius 2 is 2.00 bits per heavy atom. The summed E-state index contributed by atoms with van der Waals surface area (Å²) in [6, 6.07) is 0. The molecule has 0 saturated heterocycles. The van der Waals surface area contributed by atoms with Crippen LogP contribution in [0.1, 0.15) is 32.6 Å². The molecular weight excluding hydrogens is 212 g/mol. The van der Waals surface area contributed by atoms with E-state index < -0.39 is 12.2 Å². The van der Waals surface area contributed by atoms with Crippen molar-refractivity contribution in [2.45, 2.75) is 44.8 Å². The summed E-state index contributed by atoms with van der Waals surface area (Å²) >= 11 is 0. The largest absolute Gasteiger partial charge is 0.389 e. The number of allylic oxidation sites excluding steroid dienone is 1. The van der Waals surface area contributed by atoms with E-state index in [9.17, 15) is 5.11 Å². The maximum Gasteiger partial charge on any atom is 0.134 e. The lowest BCUT2D eigenvalue weighted by molar-refractivity contribution is 0.208. The Bertz CT molecular complexity index is 347. The first-order valence-corrected chi connectivity index (χ1v) is 5.87. The molecule has 0 spiro atoms. The van der Waals surface area contributed by atoms with Crippen LogP contribution in [0.25, 0.3) is 0 Å². The van der Waals surface area contributed by atoms with E-state index in [1.807, 2.05) is 0 Å². The first-order chi connectivity index (χ1) is 8.20. The Labute approximate surface area is 104 Å². The third kappa shape index (κ3) is 10.8. The lowest BCUT2D eigenvalue weighted by Crippen LogP contribution is -2.00. The summed E-state index contributed by atoms with van der Waals surface area (Å²) in [4.78, 5) is 0. The molecule has 2 N–H and O–H groups in total. The minimum Gasteiger partial charge on any atom is -0.389 e. The summed E-state index contributed by atoms with van der Waals surface area (Å²) in [6.07, 6.45) is 7.42. The van der Waals surface area contributed by atoms with Gasteiger partial charge >= 0.3 is 0 Å². The van der Waals surface area contributed by atoms with Crippen molar-refractivity contribution in [2.24, 2.45) is 0 Å². The van der Waals surface area contributed by atoms with Crippen molar-refractivity contribution in [3.05, 3.63) is 24.8 Å². The van der Waals surface area contributed by atoms with Crippen LogP contribution in [0.4, 0.5) is 0 Å². The van der Waals surface area contributed by atoms with E-state index >= 15 is 0 Å². The van der Waals surface area contributed by atoms with Gasteiger partial charge in [-0.05, 0) is 30.4 Å². The molecule has 0 fully saturated rings. The van der Waals surface area contributed by atoms with Crippen LogP contribution in [-0.4, -0.2) is 22.4 Å².